The zero-order chi connectivity index (χ0) is 18.1. The number of rotatable bonds is 6. The molecule has 0 heterocycles. The lowest BCUT2D eigenvalue weighted by Gasteiger charge is -2.26. The minimum atomic E-state index is -0.893. The van der Waals surface area contributed by atoms with Crippen LogP contribution in [0, 0.1) is 23.7 Å². The third kappa shape index (κ3) is 3.08. The molecule has 5 atom stereocenters. The van der Waals surface area contributed by atoms with E-state index >= 15 is 0 Å². The largest absolute Gasteiger partial charge is 0.493 e. The molecule has 0 spiro atoms. The van der Waals surface area contributed by atoms with Gasteiger partial charge in [0.15, 0.2) is 11.5 Å². The van der Waals surface area contributed by atoms with Crippen molar-refractivity contribution in [2.24, 2.45) is 23.7 Å². The number of hydrogen-bond acceptors (Lipinski definition) is 4. The predicted molar refractivity (Wildman–Crippen MR) is 91.5 cm³/mol. The van der Waals surface area contributed by atoms with Crippen LogP contribution in [-0.2, 0) is 9.59 Å². The van der Waals surface area contributed by atoms with E-state index < -0.39 is 17.8 Å². The first kappa shape index (κ1) is 17.3. The molecular weight excluding hydrogens is 322 g/mol. The van der Waals surface area contributed by atoms with Gasteiger partial charge in [0, 0.05) is 0 Å². The molecule has 0 saturated heterocycles. The summed E-state index contributed by atoms with van der Waals surface area (Å²) in [7, 11) is 3.13. The number of carboxylic acid groups (broad SMARTS) is 1. The van der Waals surface area contributed by atoms with Crippen LogP contribution >= 0.6 is 0 Å². The average molecular weight is 345 g/mol. The molecular formula is C19H23NO5. The van der Waals surface area contributed by atoms with Crippen LogP contribution in [-0.4, -0.2) is 31.2 Å². The van der Waals surface area contributed by atoms with Crippen LogP contribution < -0.4 is 14.8 Å². The highest BCUT2D eigenvalue weighted by atomic mass is 16.5. The van der Waals surface area contributed by atoms with E-state index in [0.29, 0.717) is 11.5 Å². The molecule has 1 saturated carbocycles. The van der Waals surface area contributed by atoms with Gasteiger partial charge in [-0.2, -0.15) is 0 Å². The summed E-state index contributed by atoms with van der Waals surface area (Å²) in [5.74, 6) is -1.04. The second-order valence-electron chi connectivity index (χ2n) is 6.68. The van der Waals surface area contributed by atoms with Crippen LogP contribution in [0.4, 0.5) is 0 Å². The molecule has 0 aromatic heterocycles. The lowest BCUT2D eigenvalue weighted by molar-refractivity contribution is -0.148. The number of carbonyl (C=O) groups excluding carboxylic acids is 1. The Balaban J connectivity index is 1.74. The van der Waals surface area contributed by atoms with E-state index in [2.05, 4.69) is 5.32 Å². The lowest BCUT2D eigenvalue weighted by Crippen LogP contribution is -2.41. The van der Waals surface area contributed by atoms with Crippen molar-refractivity contribution >= 4 is 11.9 Å². The van der Waals surface area contributed by atoms with E-state index in [-0.39, 0.29) is 23.8 Å². The third-order valence-corrected chi connectivity index (χ3v) is 5.31. The van der Waals surface area contributed by atoms with Crippen LogP contribution in [0.25, 0.3) is 0 Å². The summed E-state index contributed by atoms with van der Waals surface area (Å²) in [5, 5.41) is 12.5. The first-order valence-electron chi connectivity index (χ1n) is 8.39. The Hall–Kier alpha value is -2.50. The van der Waals surface area contributed by atoms with Gasteiger partial charge in [-0.3, -0.25) is 9.59 Å². The highest BCUT2D eigenvalue weighted by molar-refractivity contribution is 5.87. The van der Waals surface area contributed by atoms with Gasteiger partial charge in [0.2, 0.25) is 5.91 Å². The molecule has 25 heavy (non-hydrogen) atoms. The van der Waals surface area contributed by atoms with E-state index in [1.165, 1.54) is 0 Å². The SMILES string of the molecule is COc1ccc([C@H](C)NC(=O)[C@@H]2[C@H](C(=O)O)[C@H]3C=C[C@H]2C3)cc1OC. The maximum absolute atomic E-state index is 12.7. The van der Waals surface area contributed by atoms with Gasteiger partial charge in [0.25, 0.3) is 0 Å². The van der Waals surface area contributed by atoms with E-state index in [9.17, 15) is 14.7 Å². The Bertz CT molecular complexity index is 714. The molecule has 1 aromatic carbocycles. The van der Waals surface area contributed by atoms with Crippen LogP contribution in [0.15, 0.2) is 30.4 Å². The number of aliphatic carboxylic acids is 1. The van der Waals surface area contributed by atoms with Gasteiger partial charge >= 0.3 is 5.97 Å². The Morgan fingerprint density at radius 3 is 2.36 bits per heavy atom. The minimum absolute atomic E-state index is 0.0173. The van der Waals surface area contributed by atoms with E-state index in [0.717, 1.165) is 12.0 Å². The van der Waals surface area contributed by atoms with Crippen molar-refractivity contribution in [2.45, 2.75) is 19.4 Å². The first-order chi connectivity index (χ1) is 12.0. The number of carboxylic acids is 1. The van der Waals surface area contributed by atoms with Crippen molar-refractivity contribution in [3.8, 4) is 11.5 Å². The second-order valence-corrected chi connectivity index (χ2v) is 6.68. The molecule has 0 radical (unpaired) electrons. The molecule has 1 amide bonds. The maximum Gasteiger partial charge on any atom is 0.307 e. The molecule has 2 bridgehead atoms. The quantitative estimate of drug-likeness (QED) is 0.774. The molecule has 6 nitrogen and oxygen atoms in total. The summed E-state index contributed by atoms with van der Waals surface area (Å²) in [6, 6.07) is 5.21. The van der Waals surface area contributed by atoms with Gasteiger partial charge in [-0.25, -0.2) is 0 Å². The Kier molecular flexibility index (Phi) is 4.70. The minimum Gasteiger partial charge on any atom is -0.493 e. The number of nitrogens with one attached hydrogen (secondary N) is 1. The number of amides is 1. The summed E-state index contributed by atoms with van der Waals surface area (Å²) in [6.45, 7) is 1.87. The van der Waals surface area contributed by atoms with Crippen molar-refractivity contribution in [1.82, 2.24) is 5.32 Å². The summed E-state index contributed by atoms with van der Waals surface area (Å²) in [4.78, 5) is 24.3. The van der Waals surface area contributed by atoms with Gasteiger partial charge in [-0.1, -0.05) is 18.2 Å². The molecule has 0 aliphatic heterocycles. The summed E-state index contributed by atoms with van der Waals surface area (Å²) in [6.07, 6.45) is 4.67. The van der Waals surface area contributed by atoms with Crippen molar-refractivity contribution in [3.05, 3.63) is 35.9 Å². The van der Waals surface area contributed by atoms with Crippen LogP contribution in [0.3, 0.4) is 0 Å². The average Bonchev–Trinajstić information content (AvgIpc) is 3.22. The smallest absolute Gasteiger partial charge is 0.307 e. The number of fused-ring (bicyclic) bond motifs is 2. The van der Waals surface area contributed by atoms with Crippen LogP contribution in [0.2, 0.25) is 0 Å². The monoisotopic (exact) mass is 345 g/mol. The highest BCUT2D eigenvalue weighted by Crippen LogP contribution is 2.48. The normalized spacial score (nSPS) is 27.8. The standard InChI is InChI=1S/C19H23NO5/c1-10(11-6-7-14(24-2)15(9-11)25-3)20-18(21)16-12-4-5-13(8-12)17(16)19(22)23/h4-7,9-10,12-13,16-17H,8H2,1-3H3,(H,20,21)(H,22,23)/t10-,12-,13-,16-,17+/m0/s1. The predicted octanol–water partition coefficient (Wildman–Crippen LogP) is 2.40. The molecule has 3 rings (SSSR count). The molecule has 134 valence electrons. The maximum atomic E-state index is 12.7. The fourth-order valence-corrected chi connectivity index (χ4v) is 4.03. The number of hydrogen-bond donors (Lipinski definition) is 2. The second kappa shape index (κ2) is 6.78. The number of benzene rings is 1. The number of allylic oxidation sites excluding steroid dienone is 2. The Morgan fingerprint density at radius 2 is 1.76 bits per heavy atom. The number of carbonyl (C=O) groups is 2. The van der Waals surface area contributed by atoms with Crippen molar-refractivity contribution < 1.29 is 24.2 Å². The zero-order valence-corrected chi connectivity index (χ0v) is 14.6. The topological polar surface area (TPSA) is 84.9 Å². The first-order valence-corrected chi connectivity index (χ1v) is 8.39. The molecule has 6 heteroatoms. The Morgan fingerprint density at radius 1 is 1.12 bits per heavy atom. The molecule has 1 aromatic rings. The van der Waals surface area contributed by atoms with Gasteiger partial charge in [0.1, 0.15) is 0 Å². The fourth-order valence-electron chi connectivity index (χ4n) is 4.03. The van der Waals surface area contributed by atoms with Crippen molar-refractivity contribution in [3.63, 3.8) is 0 Å². The lowest BCUT2D eigenvalue weighted by atomic mass is 9.82. The van der Waals surface area contributed by atoms with Crippen LogP contribution in [0.5, 0.6) is 11.5 Å². The molecule has 2 aliphatic rings. The summed E-state index contributed by atoms with van der Waals surface area (Å²) >= 11 is 0. The summed E-state index contributed by atoms with van der Waals surface area (Å²) in [5.41, 5.74) is 0.872. The van der Waals surface area contributed by atoms with Gasteiger partial charge < -0.3 is 19.9 Å². The molecule has 2 aliphatic carbocycles. The fraction of sp³-hybridized carbons (Fsp3) is 0.474. The number of methoxy groups -OCH3 is 2. The molecule has 0 unspecified atom stereocenters. The summed E-state index contributed by atoms with van der Waals surface area (Å²) < 4.78 is 10.5. The Labute approximate surface area is 146 Å². The highest BCUT2D eigenvalue weighted by Gasteiger charge is 2.51. The van der Waals surface area contributed by atoms with Gasteiger partial charge in [-0.05, 0) is 42.9 Å². The van der Waals surface area contributed by atoms with Gasteiger partial charge in [-0.15, -0.1) is 0 Å². The molecule has 2 N–H and O–H groups in total. The van der Waals surface area contributed by atoms with E-state index in [1.807, 2.05) is 31.2 Å². The number of ether oxygens (including phenoxy) is 2. The van der Waals surface area contributed by atoms with E-state index in [4.69, 9.17) is 9.47 Å². The van der Waals surface area contributed by atoms with E-state index in [1.54, 1.807) is 20.3 Å². The molecule has 1 fully saturated rings. The van der Waals surface area contributed by atoms with Crippen LogP contribution in [0.1, 0.15) is 24.9 Å². The van der Waals surface area contributed by atoms with Gasteiger partial charge in [0.05, 0.1) is 32.1 Å². The van der Waals surface area contributed by atoms with Crippen molar-refractivity contribution in [1.29, 1.82) is 0 Å². The zero-order valence-electron chi connectivity index (χ0n) is 14.6. The third-order valence-electron chi connectivity index (χ3n) is 5.31. The van der Waals surface area contributed by atoms with Crippen molar-refractivity contribution in [2.75, 3.05) is 14.2 Å².